The minimum atomic E-state index is -2.42. The molecule has 0 radical (unpaired) electrons. The molecular weight excluding hydrogens is 427 g/mol. The van der Waals surface area contributed by atoms with Gasteiger partial charge in [-0.25, -0.2) is 4.98 Å². The fourth-order valence-corrected chi connectivity index (χ4v) is 14.4. The molecule has 2 rings (SSSR count). The van der Waals surface area contributed by atoms with Crippen LogP contribution in [-0.2, 0) is 13.3 Å². The molecule has 1 heterocycles. The number of rotatable bonds is 11. The van der Waals surface area contributed by atoms with E-state index < -0.39 is 8.80 Å². The average Bonchev–Trinajstić information content (AvgIpc) is 3.01. The van der Waals surface area contributed by atoms with E-state index in [0.717, 1.165) is 21.7 Å². The Morgan fingerprint density at radius 3 is 2.48 bits per heavy atom. The highest BCUT2D eigenvalue weighted by atomic mass is 33.8. The molecule has 0 fully saturated rings. The summed E-state index contributed by atoms with van der Waals surface area (Å²) in [5.74, 6) is 0.936. The van der Waals surface area contributed by atoms with Crippen molar-refractivity contribution >= 4 is 81.4 Å². The molecule has 0 N–H and O–H groups in total. The van der Waals surface area contributed by atoms with Gasteiger partial charge in [-0.3, -0.25) is 0 Å². The zero-order valence-corrected chi connectivity index (χ0v) is 18.7. The number of para-hydroxylation sites is 1. The van der Waals surface area contributed by atoms with Gasteiger partial charge in [0.15, 0.2) is 4.34 Å². The molecule has 0 unspecified atom stereocenters. The van der Waals surface area contributed by atoms with E-state index in [4.69, 9.17) is 13.3 Å². The number of fused-ring (bicyclic) bond motifs is 1. The Morgan fingerprint density at radius 1 is 1.04 bits per heavy atom. The fraction of sp³-hybridized carbons (Fsp3) is 0.417. The molecule has 0 spiro atoms. The van der Waals surface area contributed by atoms with Crippen LogP contribution in [0.4, 0.5) is 0 Å². The predicted molar refractivity (Wildman–Crippen MR) is 112 cm³/mol. The highest BCUT2D eigenvalue weighted by Gasteiger charge is 2.37. The minimum absolute atomic E-state index is 0.810. The van der Waals surface area contributed by atoms with E-state index in [1.54, 1.807) is 83.7 Å². The summed E-state index contributed by atoms with van der Waals surface area (Å²) in [4.78, 5) is 4.60. The zero-order chi connectivity index (χ0) is 16.5. The van der Waals surface area contributed by atoms with Crippen LogP contribution < -0.4 is 0 Å². The Hall–Kier alpha value is 0.957. The van der Waals surface area contributed by atoms with E-state index in [2.05, 4.69) is 17.1 Å². The van der Waals surface area contributed by atoms with Gasteiger partial charge in [0.05, 0.1) is 10.2 Å². The first-order valence-corrected chi connectivity index (χ1v) is 15.6. The van der Waals surface area contributed by atoms with Crippen LogP contribution in [0.1, 0.15) is 0 Å². The van der Waals surface area contributed by atoms with Crippen molar-refractivity contribution in [3.63, 3.8) is 0 Å². The lowest BCUT2D eigenvalue weighted by atomic mass is 10.3. The number of aromatic nitrogens is 1. The minimum Gasteiger partial charge on any atom is -0.377 e. The van der Waals surface area contributed by atoms with Gasteiger partial charge in [-0.2, -0.15) is 0 Å². The molecule has 0 aliphatic heterocycles. The average molecular weight is 444 g/mol. The van der Waals surface area contributed by atoms with Crippen molar-refractivity contribution < 1.29 is 13.3 Å². The molecule has 0 saturated carbocycles. The Labute approximate surface area is 160 Å². The van der Waals surface area contributed by atoms with Gasteiger partial charge in [-0.05, 0) is 52.4 Å². The second-order valence-electron chi connectivity index (χ2n) is 4.10. The van der Waals surface area contributed by atoms with Crippen molar-refractivity contribution in [2.45, 2.75) is 10.4 Å². The van der Waals surface area contributed by atoms with Gasteiger partial charge >= 0.3 is 8.80 Å². The molecule has 11 heteroatoms. The van der Waals surface area contributed by atoms with Gasteiger partial charge in [0.25, 0.3) is 0 Å². The van der Waals surface area contributed by atoms with Crippen molar-refractivity contribution in [3.05, 3.63) is 24.3 Å². The van der Waals surface area contributed by atoms with Crippen molar-refractivity contribution in [1.82, 2.24) is 4.98 Å². The van der Waals surface area contributed by atoms with Crippen molar-refractivity contribution in [2.24, 2.45) is 0 Å². The molecule has 0 aliphatic carbocycles. The third-order valence-corrected chi connectivity index (χ3v) is 15.8. The summed E-state index contributed by atoms with van der Waals surface area (Å²) >= 11 is 1.74. The quantitative estimate of drug-likeness (QED) is 0.241. The van der Waals surface area contributed by atoms with Crippen LogP contribution in [0.2, 0.25) is 6.04 Å². The summed E-state index contributed by atoms with van der Waals surface area (Å²) in [5.41, 5.74) is 1.08. The van der Waals surface area contributed by atoms with E-state index in [1.165, 1.54) is 4.70 Å². The standard InChI is InChI=1S/C12H17NO3S6Si/c1-14-23(15-2,16-3)9-8-17-20-22-21-19-12-13-10-6-4-5-7-11(10)18-12/h4-7H,8-9H2,1-3H3. The van der Waals surface area contributed by atoms with Crippen molar-refractivity contribution in [2.75, 3.05) is 27.1 Å². The van der Waals surface area contributed by atoms with Crippen LogP contribution in [0.25, 0.3) is 10.2 Å². The summed E-state index contributed by atoms with van der Waals surface area (Å²) < 4.78 is 18.5. The molecule has 4 nitrogen and oxygen atoms in total. The molecule has 0 bridgehead atoms. The molecule has 1 aromatic carbocycles. The van der Waals surface area contributed by atoms with Crippen LogP contribution in [0, 0.1) is 0 Å². The third kappa shape index (κ3) is 6.32. The number of benzene rings is 1. The normalized spacial score (nSPS) is 12.1. The summed E-state index contributed by atoms with van der Waals surface area (Å²) in [5, 5.41) is 0. The maximum absolute atomic E-state index is 5.40. The van der Waals surface area contributed by atoms with E-state index in [9.17, 15) is 0 Å². The van der Waals surface area contributed by atoms with Crippen molar-refractivity contribution in [1.29, 1.82) is 0 Å². The SMILES string of the molecule is CO[Si](CCSSSSSc1nc2ccccc2s1)(OC)OC. The van der Waals surface area contributed by atoms with Gasteiger partial charge in [-0.15, -0.1) is 11.3 Å². The van der Waals surface area contributed by atoms with E-state index in [-0.39, 0.29) is 0 Å². The number of hydrogen-bond acceptors (Lipinski definition) is 10. The van der Waals surface area contributed by atoms with Crippen LogP contribution in [0.3, 0.4) is 0 Å². The molecule has 0 amide bonds. The first-order chi connectivity index (χ1) is 11.2. The monoisotopic (exact) mass is 443 g/mol. The summed E-state index contributed by atoms with van der Waals surface area (Å²) in [6.07, 6.45) is 0. The van der Waals surface area contributed by atoms with Crippen molar-refractivity contribution in [3.8, 4) is 0 Å². The maximum atomic E-state index is 5.40. The molecule has 2 aromatic rings. The Kier molecular flexibility index (Phi) is 9.55. The van der Waals surface area contributed by atoms with Crippen LogP contribution in [0.15, 0.2) is 28.6 Å². The number of nitrogens with zero attached hydrogens (tertiary/aromatic N) is 1. The highest BCUT2D eigenvalue weighted by molar-refractivity contribution is 9.35. The van der Waals surface area contributed by atoms with E-state index >= 15 is 0 Å². The lowest BCUT2D eigenvalue weighted by Gasteiger charge is -2.23. The molecular formula is C12H17NO3S6Si. The van der Waals surface area contributed by atoms with Crippen LogP contribution >= 0.6 is 62.4 Å². The summed E-state index contributed by atoms with van der Waals surface area (Å²) in [6, 6.07) is 9.04. The Morgan fingerprint density at radius 2 is 1.78 bits per heavy atom. The molecule has 23 heavy (non-hydrogen) atoms. The first-order valence-electron chi connectivity index (χ1n) is 6.53. The largest absolute Gasteiger partial charge is 0.501 e. The van der Waals surface area contributed by atoms with Crippen LogP contribution in [-0.4, -0.2) is 40.9 Å². The van der Waals surface area contributed by atoms with E-state index in [1.807, 2.05) is 12.1 Å². The van der Waals surface area contributed by atoms with E-state index in [0.29, 0.717) is 0 Å². The van der Waals surface area contributed by atoms with Gasteiger partial charge in [-0.1, -0.05) is 22.9 Å². The smallest absolute Gasteiger partial charge is 0.377 e. The lowest BCUT2D eigenvalue weighted by Crippen LogP contribution is -2.43. The summed E-state index contributed by atoms with van der Waals surface area (Å²) in [7, 11) is 11.3. The lowest BCUT2D eigenvalue weighted by molar-refractivity contribution is 0.125. The van der Waals surface area contributed by atoms with Crippen LogP contribution in [0.5, 0.6) is 0 Å². The predicted octanol–water partition coefficient (Wildman–Crippen LogP) is 5.86. The molecule has 0 aliphatic rings. The molecule has 0 atom stereocenters. The first kappa shape index (κ1) is 20.3. The van der Waals surface area contributed by atoms with Gasteiger partial charge in [0.1, 0.15) is 0 Å². The maximum Gasteiger partial charge on any atom is 0.501 e. The van der Waals surface area contributed by atoms with Gasteiger partial charge in [0, 0.05) is 33.1 Å². The molecule has 128 valence electrons. The Bertz CT molecular complexity index is 556. The zero-order valence-electron chi connectivity index (χ0n) is 12.8. The molecule has 0 saturated heterocycles. The second kappa shape index (κ2) is 10.8. The van der Waals surface area contributed by atoms with Gasteiger partial charge < -0.3 is 13.3 Å². The topological polar surface area (TPSA) is 40.6 Å². The third-order valence-electron chi connectivity index (χ3n) is 2.91. The second-order valence-corrected chi connectivity index (χ2v) is 16.2. The number of hydrogen-bond donors (Lipinski definition) is 0. The fourth-order valence-electron chi connectivity index (χ4n) is 1.72. The highest BCUT2D eigenvalue weighted by Crippen LogP contribution is 2.52. The van der Waals surface area contributed by atoms with Gasteiger partial charge in [0.2, 0.25) is 0 Å². The molecule has 1 aromatic heterocycles. The number of thiazole rings is 1. The Balaban J connectivity index is 1.61. The summed E-state index contributed by atoms with van der Waals surface area (Å²) in [6.45, 7) is 0.